The predicted octanol–water partition coefficient (Wildman–Crippen LogP) is 3.39. The lowest BCUT2D eigenvalue weighted by atomic mass is 10.2. The SMILES string of the molecule is C(=N\N1CCN(c2ccccc2)CC1)/c1ccc2ccccc2n1. The Morgan fingerprint density at radius 1 is 0.792 bits per heavy atom. The summed E-state index contributed by atoms with van der Waals surface area (Å²) in [5.74, 6) is 0. The quantitative estimate of drug-likeness (QED) is 0.694. The van der Waals surface area contributed by atoms with Crippen LogP contribution in [-0.2, 0) is 0 Å². The van der Waals surface area contributed by atoms with Crippen LogP contribution in [0.5, 0.6) is 0 Å². The van der Waals surface area contributed by atoms with E-state index in [1.807, 2.05) is 30.5 Å². The van der Waals surface area contributed by atoms with Crippen molar-refractivity contribution in [3.8, 4) is 0 Å². The van der Waals surface area contributed by atoms with E-state index in [1.54, 1.807) is 0 Å². The molecule has 0 unspecified atom stereocenters. The largest absolute Gasteiger partial charge is 0.368 e. The summed E-state index contributed by atoms with van der Waals surface area (Å²) in [6.07, 6.45) is 1.87. The Kier molecular flexibility index (Phi) is 4.11. The number of pyridine rings is 1. The molecule has 1 fully saturated rings. The Bertz CT molecular complexity index is 836. The van der Waals surface area contributed by atoms with Gasteiger partial charge in [-0.15, -0.1) is 0 Å². The molecule has 0 spiro atoms. The number of aromatic nitrogens is 1. The molecule has 1 aliphatic rings. The van der Waals surface area contributed by atoms with Gasteiger partial charge in [-0.2, -0.15) is 5.10 Å². The van der Waals surface area contributed by atoms with Gasteiger partial charge in [-0.25, -0.2) is 4.98 Å². The summed E-state index contributed by atoms with van der Waals surface area (Å²) in [5, 5.41) is 7.89. The zero-order valence-electron chi connectivity index (χ0n) is 13.5. The van der Waals surface area contributed by atoms with E-state index in [0.717, 1.165) is 42.8 Å². The van der Waals surface area contributed by atoms with Gasteiger partial charge in [0, 0.05) is 24.2 Å². The second-order valence-corrected chi connectivity index (χ2v) is 5.95. The van der Waals surface area contributed by atoms with E-state index < -0.39 is 0 Å². The predicted molar refractivity (Wildman–Crippen MR) is 99.6 cm³/mol. The van der Waals surface area contributed by atoms with Crippen molar-refractivity contribution in [2.75, 3.05) is 31.1 Å². The summed E-state index contributed by atoms with van der Waals surface area (Å²) < 4.78 is 0. The van der Waals surface area contributed by atoms with E-state index in [2.05, 4.69) is 62.5 Å². The zero-order chi connectivity index (χ0) is 16.2. The first-order valence-electron chi connectivity index (χ1n) is 8.33. The summed E-state index contributed by atoms with van der Waals surface area (Å²) in [4.78, 5) is 7.04. The number of benzene rings is 2. The lowest BCUT2D eigenvalue weighted by Gasteiger charge is -2.34. The molecule has 1 aliphatic heterocycles. The summed E-state index contributed by atoms with van der Waals surface area (Å²) in [5.41, 5.74) is 3.20. The monoisotopic (exact) mass is 316 g/mol. The number of anilines is 1. The first-order chi connectivity index (χ1) is 11.9. The summed E-state index contributed by atoms with van der Waals surface area (Å²) in [6.45, 7) is 3.84. The molecule has 1 saturated heterocycles. The van der Waals surface area contributed by atoms with Crippen LogP contribution in [0.1, 0.15) is 5.69 Å². The highest BCUT2D eigenvalue weighted by Gasteiger charge is 2.15. The minimum atomic E-state index is 0.902. The Balaban J connectivity index is 1.40. The number of hydrazone groups is 1. The van der Waals surface area contributed by atoms with E-state index in [0.29, 0.717) is 0 Å². The Morgan fingerprint density at radius 3 is 2.38 bits per heavy atom. The van der Waals surface area contributed by atoms with Crippen molar-refractivity contribution in [1.82, 2.24) is 9.99 Å². The molecular weight excluding hydrogens is 296 g/mol. The van der Waals surface area contributed by atoms with Crippen LogP contribution in [0.4, 0.5) is 5.69 Å². The number of nitrogens with zero attached hydrogens (tertiary/aromatic N) is 4. The van der Waals surface area contributed by atoms with Crippen LogP contribution in [0.3, 0.4) is 0 Å². The van der Waals surface area contributed by atoms with Crippen molar-refractivity contribution in [3.63, 3.8) is 0 Å². The molecule has 4 heteroatoms. The highest BCUT2D eigenvalue weighted by Crippen LogP contribution is 2.15. The second-order valence-electron chi connectivity index (χ2n) is 5.95. The number of piperazine rings is 1. The molecule has 0 aliphatic carbocycles. The van der Waals surface area contributed by atoms with Crippen LogP contribution >= 0.6 is 0 Å². The summed E-state index contributed by atoms with van der Waals surface area (Å²) >= 11 is 0. The van der Waals surface area contributed by atoms with Crippen LogP contribution in [-0.4, -0.2) is 42.4 Å². The number of fused-ring (bicyclic) bond motifs is 1. The maximum absolute atomic E-state index is 4.64. The minimum Gasteiger partial charge on any atom is -0.368 e. The molecule has 3 aromatic rings. The van der Waals surface area contributed by atoms with Gasteiger partial charge in [0.25, 0.3) is 0 Å². The van der Waals surface area contributed by atoms with Gasteiger partial charge in [0.2, 0.25) is 0 Å². The molecule has 2 aromatic carbocycles. The number of hydrogen-bond donors (Lipinski definition) is 0. The first-order valence-corrected chi connectivity index (χ1v) is 8.33. The average molecular weight is 316 g/mol. The molecule has 120 valence electrons. The molecule has 4 rings (SSSR count). The fourth-order valence-corrected chi connectivity index (χ4v) is 3.00. The van der Waals surface area contributed by atoms with Crippen LogP contribution in [0, 0.1) is 0 Å². The minimum absolute atomic E-state index is 0.902. The smallest absolute Gasteiger partial charge is 0.0837 e. The molecule has 0 N–H and O–H groups in total. The summed E-state index contributed by atoms with van der Waals surface area (Å²) in [6, 6.07) is 22.8. The molecule has 2 heterocycles. The van der Waals surface area contributed by atoms with Gasteiger partial charge >= 0.3 is 0 Å². The normalized spacial score (nSPS) is 15.3. The molecule has 0 saturated carbocycles. The number of hydrogen-bond acceptors (Lipinski definition) is 4. The van der Waals surface area contributed by atoms with Gasteiger partial charge in [0.15, 0.2) is 0 Å². The van der Waals surface area contributed by atoms with Crippen molar-refractivity contribution in [1.29, 1.82) is 0 Å². The fourth-order valence-electron chi connectivity index (χ4n) is 3.00. The Hall–Kier alpha value is -2.88. The van der Waals surface area contributed by atoms with Crippen LogP contribution in [0.15, 0.2) is 71.8 Å². The third-order valence-corrected chi connectivity index (χ3v) is 4.35. The van der Waals surface area contributed by atoms with Gasteiger partial charge in [0.1, 0.15) is 0 Å². The van der Waals surface area contributed by atoms with E-state index in [-0.39, 0.29) is 0 Å². The van der Waals surface area contributed by atoms with Gasteiger partial charge in [-0.1, -0.05) is 42.5 Å². The Morgan fingerprint density at radius 2 is 1.54 bits per heavy atom. The topological polar surface area (TPSA) is 31.7 Å². The molecule has 1 aromatic heterocycles. The fraction of sp³-hybridized carbons (Fsp3) is 0.200. The molecule has 4 nitrogen and oxygen atoms in total. The molecule has 0 atom stereocenters. The average Bonchev–Trinajstić information content (AvgIpc) is 2.67. The van der Waals surface area contributed by atoms with Crippen molar-refractivity contribution in [2.45, 2.75) is 0 Å². The van der Waals surface area contributed by atoms with Crippen LogP contribution in [0.25, 0.3) is 10.9 Å². The second kappa shape index (κ2) is 6.71. The highest BCUT2D eigenvalue weighted by molar-refractivity contribution is 5.84. The number of rotatable bonds is 3. The third kappa shape index (κ3) is 3.23. The number of para-hydroxylation sites is 2. The first kappa shape index (κ1) is 14.7. The van der Waals surface area contributed by atoms with Crippen molar-refractivity contribution >= 4 is 22.8 Å². The van der Waals surface area contributed by atoms with Gasteiger partial charge < -0.3 is 4.90 Å². The van der Waals surface area contributed by atoms with Gasteiger partial charge in [0.05, 0.1) is 30.5 Å². The highest BCUT2D eigenvalue weighted by atomic mass is 15.5. The van der Waals surface area contributed by atoms with Crippen molar-refractivity contribution in [2.24, 2.45) is 5.10 Å². The van der Waals surface area contributed by atoms with Gasteiger partial charge in [-0.05, 0) is 24.3 Å². The molecule has 24 heavy (non-hydrogen) atoms. The third-order valence-electron chi connectivity index (χ3n) is 4.35. The zero-order valence-corrected chi connectivity index (χ0v) is 13.5. The van der Waals surface area contributed by atoms with Crippen molar-refractivity contribution in [3.05, 3.63) is 72.4 Å². The molecule has 0 radical (unpaired) electrons. The van der Waals surface area contributed by atoms with Crippen molar-refractivity contribution < 1.29 is 0 Å². The van der Waals surface area contributed by atoms with E-state index in [1.165, 1.54) is 5.69 Å². The lowest BCUT2D eigenvalue weighted by Crippen LogP contribution is -2.44. The van der Waals surface area contributed by atoms with E-state index >= 15 is 0 Å². The molecule has 0 amide bonds. The standard InChI is InChI=1S/C20H20N4/c1-2-7-19(8-3-1)23-12-14-24(15-13-23)21-16-18-11-10-17-6-4-5-9-20(17)22-18/h1-11,16H,12-15H2/b21-16+. The molecule has 0 bridgehead atoms. The maximum atomic E-state index is 4.64. The summed E-state index contributed by atoms with van der Waals surface area (Å²) in [7, 11) is 0. The lowest BCUT2D eigenvalue weighted by molar-refractivity contribution is 0.272. The van der Waals surface area contributed by atoms with Crippen LogP contribution < -0.4 is 4.90 Å². The Labute approximate surface area is 142 Å². The van der Waals surface area contributed by atoms with Crippen LogP contribution in [0.2, 0.25) is 0 Å². The maximum Gasteiger partial charge on any atom is 0.0837 e. The molecular formula is C20H20N4. The van der Waals surface area contributed by atoms with Gasteiger partial charge in [-0.3, -0.25) is 5.01 Å². The van der Waals surface area contributed by atoms with E-state index in [9.17, 15) is 0 Å². The van der Waals surface area contributed by atoms with E-state index in [4.69, 9.17) is 0 Å².